The number of ketones is 1. The third-order valence-corrected chi connectivity index (χ3v) is 4.70. The summed E-state index contributed by atoms with van der Waals surface area (Å²) in [6.45, 7) is 1.56. The molecule has 1 aromatic carbocycles. The molecule has 0 radical (unpaired) electrons. The van der Waals surface area contributed by atoms with Gasteiger partial charge in [0, 0.05) is 17.3 Å². The second kappa shape index (κ2) is 6.96. The molecule has 0 bridgehead atoms. The number of aryl methyl sites for hydroxylation is 1. The Hall–Kier alpha value is -3.20. The number of thiazole rings is 1. The number of phenolic OH excluding ortho intramolecular Hbond substituents is 1. The van der Waals surface area contributed by atoms with Gasteiger partial charge >= 0.3 is 4.87 Å². The van der Waals surface area contributed by atoms with Gasteiger partial charge in [0.2, 0.25) is 0 Å². The van der Waals surface area contributed by atoms with Crippen molar-refractivity contribution in [1.29, 1.82) is 0 Å². The maximum atomic E-state index is 12.6. The van der Waals surface area contributed by atoms with Crippen molar-refractivity contribution in [3.63, 3.8) is 0 Å². The Morgan fingerprint density at radius 1 is 1.35 bits per heavy atom. The summed E-state index contributed by atoms with van der Waals surface area (Å²) in [5.74, 6) is -0.732. The fourth-order valence-electron chi connectivity index (χ4n) is 2.36. The Balaban J connectivity index is 1.84. The van der Waals surface area contributed by atoms with Crippen LogP contribution >= 0.6 is 11.3 Å². The lowest BCUT2D eigenvalue weighted by atomic mass is 10.1. The van der Waals surface area contributed by atoms with Gasteiger partial charge in [0.1, 0.15) is 18.0 Å². The topological polar surface area (TPSA) is 103 Å². The average Bonchev–Trinajstić information content (AvgIpc) is 3.24. The summed E-state index contributed by atoms with van der Waals surface area (Å²) < 4.78 is 7.40. The largest absolute Gasteiger partial charge is 0.507 e. The second-order valence-corrected chi connectivity index (χ2v) is 6.33. The van der Waals surface area contributed by atoms with Crippen molar-refractivity contribution in [2.75, 3.05) is 7.11 Å². The molecule has 0 unspecified atom stereocenters. The van der Waals surface area contributed by atoms with Gasteiger partial charge < -0.3 is 9.84 Å². The number of rotatable bonds is 5. The zero-order chi connectivity index (χ0) is 18.8. The molecule has 0 fully saturated rings. The maximum Gasteiger partial charge on any atom is 0.307 e. The molecule has 3 rings (SSSR count). The summed E-state index contributed by atoms with van der Waals surface area (Å²) >= 11 is 1.01. The van der Waals surface area contributed by atoms with E-state index < -0.39 is 11.7 Å². The molecule has 0 aliphatic carbocycles. The number of methoxy groups -OCH3 is 1. The summed E-state index contributed by atoms with van der Waals surface area (Å²) in [5.41, 5.74) is 0.857. The highest BCUT2D eigenvalue weighted by Gasteiger charge is 2.19. The Labute approximate surface area is 151 Å². The Kier molecular flexibility index (Phi) is 4.72. The molecule has 0 amide bonds. The summed E-state index contributed by atoms with van der Waals surface area (Å²) in [6.07, 6.45) is 2.51. The summed E-state index contributed by atoms with van der Waals surface area (Å²) in [6, 6.07) is 4.29. The van der Waals surface area contributed by atoms with Crippen LogP contribution in [0.15, 0.2) is 40.8 Å². The first-order valence-electron chi connectivity index (χ1n) is 7.55. The molecular formula is C17H15N3O5S. The highest BCUT2D eigenvalue weighted by Crippen LogP contribution is 2.25. The molecule has 0 saturated heterocycles. The number of aromatic nitrogens is 3. The molecular weight excluding hydrogens is 358 g/mol. The van der Waals surface area contributed by atoms with Crippen molar-refractivity contribution in [1.82, 2.24) is 14.3 Å². The normalized spacial score (nSPS) is 10.7. The van der Waals surface area contributed by atoms with Crippen LogP contribution in [-0.2, 0) is 6.54 Å². The molecule has 134 valence electrons. The molecule has 3 aromatic rings. The molecule has 2 aromatic heterocycles. The van der Waals surface area contributed by atoms with E-state index in [0.29, 0.717) is 11.4 Å². The number of carbonyl (C=O) groups is 2. The Morgan fingerprint density at radius 2 is 2.12 bits per heavy atom. The van der Waals surface area contributed by atoms with Crippen LogP contribution in [0.1, 0.15) is 26.4 Å². The zero-order valence-corrected chi connectivity index (χ0v) is 14.8. The van der Waals surface area contributed by atoms with E-state index in [9.17, 15) is 19.5 Å². The van der Waals surface area contributed by atoms with Gasteiger partial charge in [-0.3, -0.25) is 19.0 Å². The van der Waals surface area contributed by atoms with Crippen molar-refractivity contribution < 1.29 is 19.4 Å². The van der Waals surface area contributed by atoms with Crippen molar-refractivity contribution in [3.8, 4) is 11.5 Å². The average molecular weight is 373 g/mol. The van der Waals surface area contributed by atoms with E-state index >= 15 is 0 Å². The van der Waals surface area contributed by atoms with Crippen LogP contribution in [0.3, 0.4) is 0 Å². The Bertz CT molecular complexity index is 1050. The van der Waals surface area contributed by atoms with Crippen LogP contribution < -0.4 is 9.61 Å². The van der Waals surface area contributed by atoms with E-state index in [4.69, 9.17) is 4.74 Å². The minimum atomic E-state index is -0.496. The van der Waals surface area contributed by atoms with E-state index in [1.54, 1.807) is 12.3 Å². The molecule has 8 nitrogen and oxygen atoms in total. The van der Waals surface area contributed by atoms with Crippen LogP contribution in [0.25, 0.3) is 0 Å². The van der Waals surface area contributed by atoms with Crippen molar-refractivity contribution in [3.05, 3.63) is 62.5 Å². The molecule has 26 heavy (non-hydrogen) atoms. The molecule has 0 aliphatic heterocycles. The smallest absolute Gasteiger partial charge is 0.307 e. The van der Waals surface area contributed by atoms with Gasteiger partial charge in [-0.25, -0.2) is 4.68 Å². The van der Waals surface area contributed by atoms with E-state index in [0.717, 1.165) is 16.0 Å². The highest BCUT2D eigenvalue weighted by atomic mass is 32.1. The van der Waals surface area contributed by atoms with Crippen LogP contribution in [0.4, 0.5) is 0 Å². The van der Waals surface area contributed by atoms with Gasteiger partial charge in [-0.2, -0.15) is 5.10 Å². The lowest BCUT2D eigenvalue weighted by molar-refractivity contribution is 0.0873. The number of hydrogen-bond acceptors (Lipinski definition) is 7. The number of ether oxygens (including phenoxy) is 1. The SMILES string of the molecule is COc1ccc(O)c(C(=O)c2cnn(C(=O)Cn3c(C)csc3=O)c2)c1. The number of phenols is 1. The Morgan fingerprint density at radius 3 is 2.77 bits per heavy atom. The fraction of sp³-hybridized carbons (Fsp3) is 0.176. The molecule has 0 atom stereocenters. The van der Waals surface area contributed by atoms with Gasteiger partial charge in [0.25, 0.3) is 5.91 Å². The van der Waals surface area contributed by atoms with Crippen LogP contribution in [-0.4, -0.2) is 38.3 Å². The van der Waals surface area contributed by atoms with Gasteiger partial charge in [0.05, 0.1) is 24.4 Å². The molecule has 0 spiro atoms. The number of nitrogens with zero attached hydrogens (tertiary/aromatic N) is 3. The number of hydrogen-bond donors (Lipinski definition) is 1. The highest BCUT2D eigenvalue weighted by molar-refractivity contribution is 7.07. The van der Waals surface area contributed by atoms with Gasteiger partial charge in [0.15, 0.2) is 5.78 Å². The number of benzene rings is 1. The number of carbonyl (C=O) groups excluding carboxylic acids is 2. The van der Waals surface area contributed by atoms with Crippen molar-refractivity contribution in [2.45, 2.75) is 13.5 Å². The van der Waals surface area contributed by atoms with E-state index in [1.165, 1.54) is 42.3 Å². The van der Waals surface area contributed by atoms with Crippen molar-refractivity contribution in [2.24, 2.45) is 0 Å². The predicted molar refractivity (Wildman–Crippen MR) is 94.3 cm³/mol. The molecule has 1 N–H and O–H groups in total. The lowest BCUT2D eigenvalue weighted by Gasteiger charge is -2.05. The first-order chi connectivity index (χ1) is 12.4. The quantitative estimate of drug-likeness (QED) is 0.683. The monoisotopic (exact) mass is 373 g/mol. The minimum Gasteiger partial charge on any atom is -0.507 e. The predicted octanol–water partition coefficient (Wildman–Crippen LogP) is 1.70. The standard InChI is InChI=1S/C17H15N3O5S/c1-10-9-26-17(24)19(10)8-15(22)20-7-11(6-18-20)16(23)13-5-12(25-2)3-4-14(13)21/h3-7,9,21H,8H2,1-2H3. The van der Waals surface area contributed by atoms with Crippen LogP contribution in [0, 0.1) is 6.92 Å². The zero-order valence-electron chi connectivity index (χ0n) is 14.0. The third-order valence-electron chi connectivity index (χ3n) is 3.82. The number of aromatic hydroxyl groups is 1. The molecule has 0 saturated carbocycles. The lowest BCUT2D eigenvalue weighted by Crippen LogP contribution is -2.24. The van der Waals surface area contributed by atoms with Gasteiger partial charge in [-0.15, -0.1) is 0 Å². The van der Waals surface area contributed by atoms with E-state index in [2.05, 4.69) is 5.10 Å². The van der Waals surface area contributed by atoms with E-state index in [-0.39, 0.29) is 28.3 Å². The van der Waals surface area contributed by atoms with Crippen LogP contribution in [0.2, 0.25) is 0 Å². The second-order valence-electron chi connectivity index (χ2n) is 5.51. The third kappa shape index (κ3) is 3.29. The fourth-order valence-corrected chi connectivity index (χ4v) is 3.09. The summed E-state index contributed by atoms with van der Waals surface area (Å²) in [4.78, 5) is 36.4. The van der Waals surface area contributed by atoms with Gasteiger partial charge in [-0.1, -0.05) is 11.3 Å². The van der Waals surface area contributed by atoms with Crippen LogP contribution in [0.5, 0.6) is 11.5 Å². The first kappa shape index (κ1) is 17.6. The molecule has 2 heterocycles. The van der Waals surface area contributed by atoms with Gasteiger partial charge in [-0.05, 0) is 25.1 Å². The first-order valence-corrected chi connectivity index (χ1v) is 8.43. The summed E-state index contributed by atoms with van der Waals surface area (Å²) in [5, 5.41) is 15.5. The van der Waals surface area contributed by atoms with Crippen molar-refractivity contribution >= 4 is 23.0 Å². The maximum absolute atomic E-state index is 12.6. The van der Waals surface area contributed by atoms with E-state index in [1.807, 2.05) is 0 Å². The molecule has 0 aliphatic rings. The summed E-state index contributed by atoms with van der Waals surface area (Å²) in [7, 11) is 1.45. The minimum absolute atomic E-state index is 0.0428. The molecule has 9 heteroatoms.